The van der Waals surface area contributed by atoms with E-state index in [4.69, 9.17) is 5.11 Å². The van der Waals surface area contributed by atoms with Gasteiger partial charge in [0.2, 0.25) is 0 Å². The number of hydrogen-bond donors (Lipinski definition) is 1. The van der Waals surface area contributed by atoms with Crippen LogP contribution in [0, 0.1) is 0 Å². The molecule has 56 valence electrons. The molecule has 0 fully saturated rings. The molecule has 0 amide bonds. The van der Waals surface area contributed by atoms with Gasteiger partial charge in [-0.15, -0.1) is 0 Å². The number of thioether (sulfide) groups is 1. The van der Waals surface area contributed by atoms with Crippen LogP contribution in [0.4, 0.5) is 0 Å². The minimum atomic E-state index is -0.211. The Bertz CT molecular complexity index is 207. The van der Waals surface area contributed by atoms with Gasteiger partial charge < -0.3 is 17.5 Å². The molecule has 0 saturated heterocycles. The lowest BCUT2D eigenvalue weighted by Gasteiger charge is -1.86. The Morgan fingerprint density at radius 3 is 3.20 bits per heavy atom. The number of halogens is 1. The van der Waals surface area contributed by atoms with Crippen LogP contribution >= 0.6 is 23.1 Å². The van der Waals surface area contributed by atoms with Crippen molar-refractivity contribution in [2.24, 2.45) is 0 Å². The van der Waals surface area contributed by atoms with E-state index >= 15 is 0 Å². The van der Waals surface area contributed by atoms with Crippen LogP contribution in [0.2, 0.25) is 0 Å². The van der Waals surface area contributed by atoms with Gasteiger partial charge in [-0.3, -0.25) is 0 Å². The molecule has 0 saturated carbocycles. The predicted molar refractivity (Wildman–Crippen MR) is 36.4 cm³/mol. The highest BCUT2D eigenvalue weighted by Gasteiger charge is 2.28. The zero-order valence-electron chi connectivity index (χ0n) is 5.03. The molecule has 0 radical (unpaired) electrons. The van der Waals surface area contributed by atoms with Crippen molar-refractivity contribution in [3.8, 4) is 0 Å². The van der Waals surface area contributed by atoms with Crippen molar-refractivity contribution >= 4 is 23.1 Å². The molecule has 1 aromatic heterocycles. The molecular formula is C5H6ClNOS2. The summed E-state index contributed by atoms with van der Waals surface area (Å²) in [6, 6.07) is 0. The van der Waals surface area contributed by atoms with Gasteiger partial charge in [-0.1, -0.05) is 11.3 Å². The molecule has 0 spiro atoms. The molecule has 0 bridgehead atoms. The topological polar surface area (TPSA) is 24.1 Å². The van der Waals surface area contributed by atoms with Crippen molar-refractivity contribution in [3.05, 3.63) is 11.6 Å². The van der Waals surface area contributed by atoms with Gasteiger partial charge >= 0.3 is 0 Å². The average molecular weight is 196 g/mol. The molecular weight excluding hydrogens is 190 g/mol. The molecule has 2 rings (SSSR count). The van der Waals surface area contributed by atoms with Crippen molar-refractivity contribution < 1.29 is 22.1 Å². The molecule has 1 aliphatic heterocycles. The number of aromatic nitrogens is 1. The molecule has 1 aliphatic rings. The van der Waals surface area contributed by atoms with Crippen LogP contribution in [0.1, 0.15) is 0 Å². The number of fused-ring (bicyclic) bond motifs is 1. The first kappa shape index (κ1) is 8.33. The van der Waals surface area contributed by atoms with Crippen LogP contribution in [-0.4, -0.2) is 10.5 Å². The molecule has 5 heteroatoms. The van der Waals surface area contributed by atoms with Crippen molar-refractivity contribution in [1.82, 2.24) is 0 Å². The van der Waals surface area contributed by atoms with Crippen molar-refractivity contribution in [1.29, 1.82) is 0 Å². The number of hydrogen-bond acceptors (Lipinski definition) is 3. The first-order valence-electron chi connectivity index (χ1n) is 2.68. The van der Waals surface area contributed by atoms with E-state index in [-0.39, 0.29) is 17.8 Å². The van der Waals surface area contributed by atoms with E-state index in [1.54, 1.807) is 11.3 Å². The summed E-state index contributed by atoms with van der Waals surface area (Å²) in [7, 11) is 0. The second kappa shape index (κ2) is 3.09. The monoisotopic (exact) mass is 195 g/mol. The van der Waals surface area contributed by atoms with E-state index in [1.165, 1.54) is 16.1 Å². The van der Waals surface area contributed by atoms with Gasteiger partial charge in [-0.05, 0) is 11.8 Å². The Morgan fingerprint density at radius 1 is 1.70 bits per heavy atom. The highest BCUT2D eigenvalue weighted by atomic mass is 35.5. The SMILES string of the molecule is OC1C[n+]2ccsc2S1.[Cl-]. The van der Waals surface area contributed by atoms with Gasteiger partial charge in [-0.2, -0.15) is 4.57 Å². The summed E-state index contributed by atoms with van der Waals surface area (Å²) in [6.07, 6.45) is 2.00. The molecule has 2 heterocycles. The average Bonchev–Trinajstić information content (AvgIpc) is 2.22. The van der Waals surface area contributed by atoms with Crippen molar-refractivity contribution in [2.75, 3.05) is 0 Å². The molecule has 1 atom stereocenters. The van der Waals surface area contributed by atoms with Gasteiger partial charge in [0.25, 0.3) is 4.34 Å². The lowest BCUT2D eigenvalue weighted by molar-refractivity contribution is -0.722. The molecule has 1 N–H and O–H groups in total. The number of aliphatic hydroxyl groups excluding tert-OH is 1. The Labute approximate surface area is 73.3 Å². The van der Waals surface area contributed by atoms with Crippen molar-refractivity contribution in [3.63, 3.8) is 0 Å². The first-order chi connectivity index (χ1) is 4.36. The zero-order valence-corrected chi connectivity index (χ0v) is 7.42. The highest BCUT2D eigenvalue weighted by molar-refractivity contribution is 8.01. The summed E-state index contributed by atoms with van der Waals surface area (Å²) in [6.45, 7) is 0.753. The second-order valence-corrected chi connectivity index (χ2v) is 4.21. The van der Waals surface area contributed by atoms with Crippen LogP contribution in [0.25, 0.3) is 0 Å². The lowest BCUT2D eigenvalue weighted by atomic mass is 10.7. The van der Waals surface area contributed by atoms with Gasteiger partial charge in [-0.25, -0.2) is 0 Å². The summed E-state index contributed by atoms with van der Waals surface area (Å²) < 4.78 is 3.28. The smallest absolute Gasteiger partial charge is 0.300 e. The summed E-state index contributed by atoms with van der Waals surface area (Å²) in [5, 5.41) is 11.1. The van der Waals surface area contributed by atoms with E-state index in [0.717, 1.165) is 6.54 Å². The highest BCUT2D eigenvalue weighted by Crippen LogP contribution is 2.27. The maximum Gasteiger partial charge on any atom is 0.300 e. The summed E-state index contributed by atoms with van der Waals surface area (Å²) >= 11 is 3.22. The van der Waals surface area contributed by atoms with Gasteiger partial charge in [0.1, 0.15) is 0 Å². The Balaban J connectivity index is 0.000000500. The number of thiazole rings is 1. The Kier molecular flexibility index (Phi) is 2.57. The molecule has 1 unspecified atom stereocenters. The Hall–Kier alpha value is 0.230. The fourth-order valence-corrected chi connectivity index (χ4v) is 2.90. The fraction of sp³-hybridized carbons (Fsp3) is 0.400. The molecule has 10 heavy (non-hydrogen) atoms. The van der Waals surface area contributed by atoms with E-state index in [0.29, 0.717) is 0 Å². The largest absolute Gasteiger partial charge is 1.00 e. The third-order valence-corrected chi connectivity index (χ3v) is 3.36. The summed E-state index contributed by atoms with van der Waals surface area (Å²) in [5.41, 5.74) is -0.211. The third-order valence-electron chi connectivity index (χ3n) is 1.23. The van der Waals surface area contributed by atoms with E-state index in [9.17, 15) is 0 Å². The maximum atomic E-state index is 9.09. The van der Waals surface area contributed by atoms with E-state index in [1.807, 2.05) is 11.6 Å². The van der Waals surface area contributed by atoms with Crippen LogP contribution in [0.15, 0.2) is 15.9 Å². The summed E-state index contributed by atoms with van der Waals surface area (Å²) in [4.78, 5) is 0. The first-order valence-corrected chi connectivity index (χ1v) is 4.44. The summed E-state index contributed by atoms with van der Waals surface area (Å²) in [5.74, 6) is 0. The quantitative estimate of drug-likeness (QED) is 0.462. The molecule has 1 aromatic rings. The zero-order chi connectivity index (χ0) is 6.27. The predicted octanol–water partition coefficient (Wildman–Crippen LogP) is -2.54. The molecule has 0 aliphatic carbocycles. The number of aliphatic hydroxyl groups is 1. The minimum Gasteiger partial charge on any atom is -1.00 e. The minimum absolute atomic E-state index is 0. The fourth-order valence-electron chi connectivity index (χ4n) is 0.843. The van der Waals surface area contributed by atoms with E-state index in [2.05, 4.69) is 4.57 Å². The van der Waals surface area contributed by atoms with Gasteiger partial charge in [0.15, 0.2) is 18.2 Å². The third kappa shape index (κ3) is 1.29. The Morgan fingerprint density at radius 2 is 2.50 bits per heavy atom. The normalized spacial score (nSPS) is 21.9. The van der Waals surface area contributed by atoms with Gasteiger partial charge in [0.05, 0.1) is 5.38 Å². The lowest BCUT2D eigenvalue weighted by Crippen LogP contribution is -3.00. The number of rotatable bonds is 0. The second-order valence-electron chi connectivity index (χ2n) is 1.89. The van der Waals surface area contributed by atoms with Crippen LogP contribution in [0.5, 0.6) is 0 Å². The van der Waals surface area contributed by atoms with E-state index < -0.39 is 0 Å². The van der Waals surface area contributed by atoms with Crippen LogP contribution < -0.4 is 17.0 Å². The maximum absolute atomic E-state index is 9.09. The number of nitrogens with zero attached hydrogens (tertiary/aromatic N) is 1. The van der Waals surface area contributed by atoms with Crippen LogP contribution in [0.3, 0.4) is 0 Å². The van der Waals surface area contributed by atoms with Crippen LogP contribution in [-0.2, 0) is 6.54 Å². The molecule has 2 nitrogen and oxygen atoms in total. The van der Waals surface area contributed by atoms with Gasteiger partial charge in [0, 0.05) is 0 Å². The standard InChI is InChI=1S/C5H6NOS2.ClH/c7-4-3-6-1-2-8-5(6)9-4;/h1-2,4,7H,3H2;1H/q+1;/p-1. The van der Waals surface area contributed by atoms with Crippen molar-refractivity contribution in [2.45, 2.75) is 16.3 Å². The molecule has 0 aromatic carbocycles.